The monoisotopic (exact) mass is 401 g/mol. The lowest BCUT2D eigenvalue weighted by molar-refractivity contribution is -0.137. The number of aryl methyl sites for hydroxylation is 1. The van der Waals surface area contributed by atoms with E-state index in [1.807, 2.05) is 0 Å². The van der Waals surface area contributed by atoms with Gasteiger partial charge in [-0.1, -0.05) is 19.1 Å². The number of halogens is 5. The highest BCUT2D eigenvalue weighted by atomic mass is 19.4. The maximum absolute atomic E-state index is 13.6. The highest BCUT2D eigenvalue weighted by Gasteiger charge is 2.30. The molecule has 2 aromatic carbocycles. The number of carbonyl (C=O) groups excluding carboxylic acids is 1. The molecule has 0 aromatic heterocycles. The number of benzene rings is 2. The summed E-state index contributed by atoms with van der Waals surface area (Å²) in [6.45, 7) is 1.70. The van der Waals surface area contributed by atoms with Crippen LogP contribution in [0.1, 0.15) is 42.6 Å². The van der Waals surface area contributed by atoms with Crippen LogP contribution in [-0.2, 0) is 17.4 Å². The summed E-state index contributed by atoms with van der Waals surface area (Å²) in [7, 11) is 0. The van der Waals surface area contributed by atoms with E-state index in [1.54, 1.807) is 6.92 Å². The summed E-state index contributed by atoms with van der Waals surface area (Å²) in [6, 6.07) is 6.27. The molecule has 0 aliphatic heterocycles. The lowest BCUT2D eigenvalue weighted by Crippen LogP contribution is -2.39. The first-order valence-corrected chi connectivity index (χ1v) is 8.70. The standard InChI is InChI=1S/C20H20F5NO2/c1-2-17(19(28)12-3-6-14(7-4-12)20(23,24)25)26-18(27)10-5-13-11-15(21)8-9-16(13)22/h3-4,6-9,11,17,19,28H,2,5,10H2,1H3,(H,26,27)/t17-,19-/m0/s1. The van der Waals surface area contributed by atoms with Crippen molar-refractivity contribution in [3.05, 3.63) is 70.8 Å². The Morgan fingerprint density at radius 1 is 1.11 bits per heavy atom. The fourth-order valence-electron chi connectivity index (χ4n) is 2.77. The van der Waals surface area contributed by atoms with E-state index in [2.05, 4.69) is 5.32 Å². The van der Waals surface area contributed by atoms with E-state index >= 15 is 0 Å². The molecule has 0 aliphatic carbocycles. The van der Waals surface area contributed by atoms with Gasteiger partial charge in [-0.25, -0.2) is 8.78 Å². The number of nitrogens with one attached hydrogen (secondary N) is 1. The number of aliphatic hydroxyl groups is 1. The number of rotatable bonds is 7. The maximum Gasteiger partial charge on any atom is 0.416 e. The molecule has 28 heavy (non-hydrogen) atoms. The third-order valence-electron chi connectivity index (χ3n) is 4.38. The van der Waals surface area contributed by atoms with Crippen LogP contribution < -0.4 is 5.32 Å². The maximum atomic E-state index is 13.6. The molecule has 152 valence electrons. The summed E-state index contributed by atoms with van der Waals surface area (Å²) in [5.41, 5.74) is -0.541. The van der Waals surface area contributed by atoms with Crippen molar-refractivity contribution < 1.29 is 31.9 Å². The van der Waals surface area contributed by atoms with Gasteiger partial charge in [-0.15, -0.1) is 0 Å². The second-order valence-electron chi connectivity index (χ2n) is 6.38. The first kappa shape index (κ1) is 21.8. The van der Waals surface area contributed by atoms with E-state index in [-0.39, 0.29) is 24.0 Å². The molecule has 0 aliphatic rings. The Morgan fingerprint density at radius 3 is 2.32 bits per heavy atom. The van der Waals surface area contributed by atoms with Crippen LogP contribution in [0.25, 0.3) is 0 Å². The van der Waals surface area contributed by atoms with Gasteiger partial charge in [0.05, 0.1) is 17.7 Å². The predicted octanol–water partition coefficient (Wildman–Crippen LogP) is 4.54. The Bertz CT molecular complexity index is 805. The molecule has 1 amide bonds. The van der Waals surface area contributed by atoms with Crippen molar-refractivity contribution in [1.82, 2.24) is 5.32 Å². The van der Waals surface area contributed by atoms with Crippen molar-refractivity contribution in [2.45, 2.75) is 44.5 Å². The summed E-state index contributed by atoms with van der Waals surface area (Å²) >= 11 is 0. The van der Waals surface area contributed by atoms with Gasteiger partial charge in [0.15, 0.2) is 0 Å². The number of aliphatic hydroxyl groups excluding tert-OH is 1. The average Bonchev–Trinajstić information content (AvgIpc) is 2.65. The van der Waals surface area contributed by atoms with Gasteiger partial charge < -0.3 is 10.4 Å². The van der Waals surface area contributed by atoms with E-state index in [0.29, 0.717) is 6.42 Å². The quantitative estimate of drug-likeness (QED) is 0.669. The van der Waals surface area contributed by atoms with Crippen molar-refractivity contribution >= 4 is 5.91 Å². The Kier molecular flexibility index (Phi) is 7.12. The largest absolute Gasteiger partial charge is 0.416 e. The van der Waals surface area contributed by atoms with Crippen LogP contribution >= 0.6 is 0 Å². The van der Waals surface area contributed by atoms with Gasteiger partial charge in [0.2, 0.25) is 5.91 Å². The van der Waals surface area contributed by atoms with E-state index in [4.69, 9.17) is 0 Å². The fraction of sp³-hybridized carbons (Fsp3) is 0.350. The minimum absolute atomic E-state index is 0.0256. The smallest absolute Gasteiger partial charge is 0.386 e. The molecule has 0 radical (unpaired) electrons. The Labute approximate surface area is 159 Å². The minimum Gasteiger partial charge on any atom is -0.386 e. The van der Waals surface area contributed by atoms with Gasteiger partial charge in [-0.05, 0) is 54.3 Å². The molecule has 0 heterocycles. The van der Waals surface area contributed by atoms with Crippen LogP contribution in [0.3, 0.4) is 0 Å². The van der Waals surface area contributed by atoms with Gasteiger partial charge in [-0.3, -0.25) is 4.79 Å². The molecule has 0 spiro atoms. The first-order valence-electron chi connectivity index (χ1n) is 8.70. The van der Waals surface area contributed by atoms with Crippen molar-refractivity contribution in [2.75, 3.05) is 0 Å². The van der Waals surface area contributed by atoms with E-state index in [9.17, 15) is 31.9 Å². The minimum atomic E-state index is -4.48. The fourth-order valence-corrected chi connectivity index (χ4v) is 2.77. The molecule has 2 aromatic rings. The predicted molar refractivity (Wildman–Crippen MR) is 93.3 cm³/mol. The summed E-state index contributed by atoms with van der Waals surface area (Å²) in [4.78, 5) is 12.1. The lowest BCUT2D eigenvalue weighted by atomic mass is 9.98. The number of hydrogen-bond donors (Lipinski definition) is 2. The third kappa shape index (κ3) is 5.76. The Morgan fingerprint density at radius 2 is 1.75 bits per heavy atom. The topological polar surface area (TPSA) is 49.3 Å². The zero-order chi connectivity index (χ0) is 20.9. The van der Waals surface area contributed by atoms with Crippen LogP contribution in [-0.4, -0.2) is 17.1 Å². The normalized spacial score (nSPS) is 13.8. The molecule has 3 nitrogen and oxygen atoms in total. The Hall–Kier alpha value is -2.48. The second kappa shape index (κ2) is 9.14. The van der Waals surface area contributed by atoms with E-state index < -0.39 is 41.4 Å². The van der Waals surface area contributed by atoms with Crippen LogP contribution in [0.15, 0.2) is 42.5 Å². The number of alkyl halides is 3. The van der Waals surface area contributed by atoms with Crippen molar-refractivity contribution in [1.29, 1.82) is 0 Å². The van der Waals surface area contributed by atoms with E-state index in [0.717, 1.165) is 42.5 Å². The number of amides is 1. The molecule has 0 saturated carbocycles. The van der Waals surface area contributed by atoms with Gasteiger partial charge in [0, 0.05) is 6.42 Å². The molecule has 0 saturated heterocycles. The summed E-state index contributed by atoms with van der Waals surface area (Å²) in [5, 5.41) is 13.0. The number of carbonyl (C=O) groups is 1. The molecule has 2 atom stereocenters. The lowest BCUT2D eigenvalue weighted by Gasteiger charge is -2.23. The summed E-state index contributed by atoms with van der Waals surface area (Å²) < 4.78 is 64.6. The molecular weight excluding hydrogens is 381 g/mol. The summed E-state index contributed by atoms with van der Waals surface area (Å²) in [6.07, 6.45) is -5.52. The summed E-state index contributed by atoms with van der Waals surface area (Å²) in [5.74, 6) is -1.71. The first-order chi connectivity index (χ1) is 13.1. The van der Waals surface area contributed by atoms with E-state index in [1.165, 1.54) is 0 Å². The SMILES string of the molecule is CC[C@H](NC(=O)CCc1cc(F)ccc1F)[C@@H](O)c1ccc(C(F)(F)F)cc1. The van der Waals surface area contributed by atoms with Gasteiger partial charge in [0.1, 0.15) is 11.6 Å². The molecule has 0 fully saturated rings. The zero-order valence-corrected chi connectivity index (χ0v) is 15.1. The second-order valence-corrected chi connectivity index (χ2v) is 6.38. The van der Waals surface area contributed by atoms with Crippen molar-refractivity contribution in [3.8, 4) is 0 Å². The van der Waals surface area contributed by atoms with Crippen LogP contribution in [0.4, 0.5) is 22.0 Å². The third-order valence-corrected chi connectivity index (χ3v) is 4.38. The molecule has 0 unspecified atom stereocenters. The Balaban J connectivity index is 1.98. The van der Waals surface area contributed by atoms with Gasteiger partial charge in [-0.2, -0.15) is 13.2 Å². The van der Waals surface area contributed by atoms with Crippen LogP contribution in [0.2, 0.25) is 0 Å². The van der Waals surface area contributed by atoms with Gasteiger partial charge in [0.25, 0.3) is 0 Å². The van der Waals surface area contributed by atoms with Crippen LogP contribution in [0.5, 0.6) is 0 Å². The highest BCUT2D eigenvalue weighted by molar-refractivity contribution is 5.76. The zero-order valence-electron chi connectivity index (χ0n) is 15.1. The highest BCUT2D eigenvalue weighted by Crippen LogP contribution is 2.30. The number of hydrogen-bond acceptors (Lipinski definition) is 2. The van der Waals surface area contributed by atoms with Gasteiger partial charge >= 0.3 is 6.18 Å². The van der Waals surface area contributed by atoms with Crippen LogP contribution in [0, 0.1) is 11.6 Å². The van der Waals surface area contributed by atoms with Crippen molar-refractivity contribution in [3.63, 3.8) is 0 Å². The average molecular weight is 401 g/mol. The molecular formula is C20H20F5NO2. The molecule has 8 heteroatoms. The van der Waals surface area contributed by atoms with Crippen molar-refractivity contribution in [2.24, 2.45) is 0 Å². The molecule has 2 N–H and O–H groups in total. The molecule has 0 bridgehead atoms. The molecule has 2 rings (SSSR count).